The Morgan fingerprint density at radius 1 is 1.06 bits per heavy atom. The number of ether oxygens (including phenoxy) is 1. The van der Waals surface area contributed by atoms with Gasteiger partial charge in [0.2, 0.25) is 0 Å². The van der Waals surface area contributed by atoms with Crippen LogP contribution in [-0.4, -0.2) is 26.5 Å². The molecule has 3 nitrogen and oxygen atoms in total. The van der Waals surface area contributed by atoms with Gasteiger partial charge in [-0.3, -0.25) is 4.79 Å². The third kappa shape index (κ3) is 3.80. The molecule has 0 N–H and O–H groups in total. The molecule has 0 aromatic heterocycles. The number of hydrogen-bond acceptors (Lipinski definition) is 3. The average molecular weight is 445 g/mol. The first-order valence-electron chi connectivity index (χ1n) is 12.5. The van der Waals surface area contributed by atoms with Crippen molar-refractivity contribution in [2.45, 2.75) is 110 Å². The summed E-state index contributed by atoms with van der Waals surface area (Å²) >= 11 is 0. The van der Waals surface area contributed by atoms with Crippen molar-refractivity contribution in [3.8, 4) is 0 Å². The fraction of sp³-hybridized carbons (Fsp3) is 0.815. The molecule has 31 heavy (non-hydrogen) atoms. The summed E-state index contributed by atoms with van der Waals surface area (Å²) in [7, 11) is -1.77. The van der Waals surface area contributed by atoms with Gasteiger partial charge in [-0.2, -0.15) is 0 Å². The lowest BCUT2D eigenvalue weighted by Gasteiger charge is -2.57. The van der Waals surface area contributed by atoms with Gasteiger partial charge in [0.1, 0.15) is 6.10 Å². The van der Waals surface area contributed by atoms with E-state index in [9.17, 15) is 4.79 Å². The maximum Gasteiger partial charge on any atom is 0.303 e. The minimum absolute atomic E-state index is 0.0514. The maximum atomic E-state index is 11.5. The van der Waals surface area contributed by atoms with Crippen molar-refractivity contribution in [2.75, 3.05) is 0 Å². The van der Waals surface area contributed by atoms with Gasteiger partial charge < -0.3 is 9.16 Å². The summed E-state index contributed by atoms with van der Waals surface area (Å²) in [6, 6.07) is 0. The molecule has 174 valence electrons. The number of rotatable bonds is 3. The number of allylic oxidation sites excluding steroid dienone is 3. The zero-order valence-electron chi connectivity index (χ0n) is 21.1. The molecule has 0 saturated heterocycles. The van der Waals surface area contributed by atoms with Crippen LogP contribution in [0.1, 0.15) is 80.1 Å². The van der Waals surface area contributed by atoms with Crippen molar-refractivity contribution in [1.29, 1.82) is 0 Å². The third-order valence-electron chi connectivity index (χ3n) is 10.1. The summed E-state index contributed by atoms with van der Waals surface area (Å²) in [6.45, 7) is 18.4. The van der Waals surface area contributed by atoms with Crippen molar-refractivity contribution >= 4 is 14.3 Å². The topological polar surface area (TPSA) is 35.5 Å². The molecule has 7 atom stereocenters. The smallest absolute Gasteiger partial charge is 0.303 e. The van der Waals surface area contributed by atoms with Gasteiger partial charge in [-0.25, -0.2) is 0 Å². The van der Waals surface area contributed by atoms with Gasteiger partial charge in [0.05, 0.1) is 6.10 Å². The first-order valence-corrected chi connectivity index (χ1v) is 15.4. The number of hydrogen-bond donors (Lipinski definition) is 0. The Morgan fingerprint density at radius 3 is 2.42 bits per heavy atom. The molecule has 0 bridgehead atoms. The van der Waals surface area contributed by atoms with Crippen molar-refractivity contribution in [1.82, 2.24) is 0 Å². The van der Waals surface area contributed by atoms with Gasteiger partial charge in [-0.15, -0.1) is 0 Å². The van der Waals surface area contributed by atoms with Crippen LogP contribution in [0.5, 0.6) is 0 Å². The highest BCUT2D eigenvalue weighted by Crippen LogP contribution is 2.64. The summed E-state index contributed by atoms with van der Waals surface area (Å²) in [5.74, 6) is 1.91. The van der Waals surface area contributed by atoms with E-state index in [1.54, 1.807) is 0 Å². The average Bonchev–Trinajstić information content (AvgIpc) is 2.96. The van der Waals surface area contributed by atoms with Crippen LogP contribution in [0.4, 0.5) is 0 Å². The highest BCUT2D eigenvalue weighted by Gasteiger charge is 2.59. The van der Waals surface area contributed by atoms with E-state index in [0.717, 1.165) is 18.8 Å². The van der Waals surface area contributed by atoms with Crippen LogP contribution < -0.4 is 0 Å². The quantitative estimate of drug-likeness (QED) is 0.346. The van der Waals surface area contributed by atoms with E-state index in [1.807, 2.05) is 0 Å². The molecule has 0 heterocycles. The van der Waals surface area contributed by atoms with Crippen molar-refractivity contribution in [2.24, 2.45) is 28.6 Å². The summed E-state index contributed by atoms with van der Waals surface area (Å²) in [4.78, 5) is 11.5. The zero-order valence-corrected chi connectivity index (χ0v) is 22.1. The van der Waals surface area contributed by atoms with Crippen LogP contribution in [0, 0.1) is 28.6 Å². The molecule has 4 rings (SSSR count). The summed E-state index contributed by atoms with van der Waals surface area (Å²) in [5, 5.41) is 0.261. The lowest BCUT2D eigenvalue weighted by molar-refractivity contribution is -0.145. The van der Waals surface area contributed by atoms with Crippen LogP contribution in [0.2, 0.25) is 18.1 Å². The first kappa shape index (κ1) is 23.3. The van der Waals surface area contributed by atoms with E-state index in [4.69, 9.17) is 9.16 Å². The molecule has 0 unspecified atom stereocenters. The number of fused-ring (bicyclic) bond motifs is 5. The van der Waals surface area contributed by atoms with Crippen molar-refractivity contribution in [3.63, 3.8) is 0 Å². The highest BCUT2D eigenvalue weighted by atomic mass is 28.4. The van der Waals surface area contributed by atoms with Gasteiger partial charge >= 0.3 is 5.97 Å². The Balaban J connectivity index is 1.58. The molecule has 0 aromatic rings. The standard InChI is InChI=1S/C27H44O3Si/c1-18(28)29-20-13-15-26(5)19(17-20)9-10-21-22-11-12-24(27(22,6)16-14-23(21)26)30-31(7,8)25(2,3)4/h9-10,17,20-24H,11-16H2,1-8H3/t20-,21-,22-,23-,24-,26-,27-/m0/s1. The second-order valence-corrected chi connectivity index (χ2v) is 17.6. The van der Waals surface area contributed by atoms with Gasteiger partial charge in [-0.1, -0.05) is 46.8 Å². The summed E-state index contributed by atoms with van der Waals surface area (Å²) < 4.78 is 12.6. The van der Waals surface area contributed by atoms with Crippen LogP contribution in [0.15, 0.2) is 23.8 Å². The van der Waals surface area contributed by atoms with Gasteiger partial charge in [-0.05, 0) is 96.9 Å². The summed E-state index contributed by atoms with van der Waals surface area (Å²) in [6.07, 6.45) is 14.7. The lowest BCUT2D eigenvalue weighted by Crippen LogP contribution is -2.53. The largest absolute Gasteiger partial charge is 0.458 e. The fourth-order valence-corrected chi connectivity index (χ4v) is 8.56. The Kier molecular flexibility index (Phi) is 5.70. The molecule has 2 fully saturated rings. The molecular weight excluding hydrogens is 400 g/mol. The van der Waals surface area contributed by atoms with E-state index < -0.39 is 8.32 Å². The number of carbonyl (C=O) groups is 1. The molecule has 0 amide bonds. The maximum absolute atomic E-state index is 11.5. The molecule has 0 spiro atoms. The monoisotopic (exact) mass is 444 g/mol. The second-order valence-electron chi connectivity index (χ2n) is 12.9. The molecule has 4 aliphatic rings. The van der Waals surface area contributed by atoms with Crippen LogP contribution in [-0.2, 0) is 14.0 Å². The predicted octanol–water partition coefficient (Wildman–Crippen LogP) is 7.05. The lowest BCUT2D eigenvalue weighted by atomic mass is 9.49. The molecule has 0 aliphatic heterocycles. The molecule has 4 heteroatoms. The highest BCUT2D eigenvalue weighted by molar-refractivity contribution is 6.74. The van der Waals surface area contributed by atoms with Crippen LogP contribution >= 0.6 is 0 Å². The minimum Gasteiger partial charge on any atom is -0.458 e. The molecule has 0 aromatic carbocycles. The van der Waals surface area contributed by atoms with E-state index >= 15 is 0 Å². The van der Waals surface area contributed by atoms with E-state index in [2.05, 4.69) is 65.9 Å². The fourth-order valence-electron chi connectivity index (χ4n) is 7.11. The van der Waals surface area contributed by atoms with Crippen molar-refractivity contribution in [3.05, 3.63) is 23.8 Å². The molecule has 0 radical (unpaired) electrons. The third-order valence-corrected chi connectivity index (χ3v) is 14.6. The van der Waals surface area contributed by atoms with Gasteiger partial charge in [0.25, 0.3) is 0 Å². The van der Waals surface area contributed by atoms with Crippen LogP contribution in [0.3, 0.4) is 0 Å². The Labute approximate surface area is 191 Å². The zero-order chi connectivity index (χ0) is 22.8. The van der Waals surface area contributed by atoms with Crippen LogP contribution in [0.25, 0.3) is 0 Å². The van der Waals surface area contributed by atoms with Crippen molar-refractivity contribution < 1.29 is 14.0 Å². The first-order chi connectivity index (χ1) is 14.3. The Morgan fingerprint density at radius 2 is 1.77 bits per heavy atom. The molecular formula is C27H44O3Si. The summed E-state index contributed by atoms with van der Waals surface area (Å²) in [5.41, 5.74) is 1.92. The Hall–Kier alpha value is -0.873. The molecule has 4 aliphatic carbocycles. The normalized spacial score (nSPS) is 42.3. The molecule has 2 saturated carbocycles. The van der Waals surface area contributed by atoms with E-state index in [-0.39, 0.29) is 22.5 Å². The minimum atomic E-state index is -1.77. The SMILES string of the molecule is CC(=O)O[C@@H]1C=C2C=C[C@H]3[C@@H]4CC[C@H](O[Si](C)(C)C(C)(C)C)[C@@]4(C)CC[C@@H]3[C@@]2(C)CC1. The number of esters is 1. The van der Waals surface area contributed by atoms with E-state index in [1.165, 1.54) is 38.2 Å². The Bertz CT molecular complexity index is 791. The van der Waals surface area contributed by atoms with Gasteiger partial charge in [0.15, 0.2) is 8.32 Å². The second kappa shape index (κ2) is 7.58. The van der Waals surface area contributed by atoms with E-state index in [0.29, 0.717) is 23.4 Å². The van der Waals surface area contributed by atoms with Gasteiger partial charge in [0, 0.05) is 6.92 Å². The number of carbonyl (C=O) groups excluding carboxylic acids is 1. The predicted molar refractivity (Wildman–Crippen MR) is 129 cm³/mol.